The fourth-order valence-corrected chi connectivity index (χ4v) is 2.88. The fourth-order valence-electron chi connectivity index (χ4n) is 2.47. The topological polar surface area (TPSA) is 58.2 Å². The van der Waals surface area contributed by atoms with Crippen LogP contribution >= 0.6 is 15.9 Å². The van der Waals surface area contributed by atoms with Crippen molar-refractivity contribution in [2.75, 3.05) is 5.32 Å². The number of rotatable bonds is 5. The molecule has 1 aliphatic carbocycles. The average molecular weight is 387 g/mol. The number of benzene rings is 2. The molecule has 2 aromatic rings. The number of hydrogen-bond acceptors (Lipinski definition) is 2. The molecule has 2 N–H and O–H groups in total. The molecule has 4 nitrogen and oxygen atoms in total. The lowest BCUT2D eigenvalue weighted by Crippen LogP contribution is -2.26. The number of halogens is 1. The fraction of sp³-hybridized carbons (Fsp3) is 0.263. The molecule has 2 amide bonds. The second-order valence-corrected chi connectivity index (χ2v) is 7.01. The number of anilines is 1. The van der Waals surface area contributed by atoms with Crippen LogP contribution in [0.5, 0.6) is 0 Å². The van der Waals surface area contributed by atoms with Crippen molar-refractivity contribution in [2.24, 2.45) is 5.92 Å². The van der Waals surface area contributed by atoms with Gasteiger partial charge in [-0.1, -0.05) is 34.1 Å². The summed E-state index contributed by atoms with van der Waals surface area (Å²) in [7, 11) is 0. The van der Waals surface area contributed by atoms with Gasteiger partial charge in [0.15, 0.2) is 0 Å². The molecular formula is C19H19BrN2O2. The molecule has 1 unspecified atom stereocenters. The molecule has 0 bridgehead atoms. The number of carbonyl (C=O) groups is 2. The number of amides is 2. The SMILES string of the molecule is CC(NC(=O)c1cccc(NC(=O)C2CC2)c1)c1cccc(Br)c1. The van der Waals surface area contributed by atoms with Crippen molar-refractivity contribution >= 4 is 33.4 Å². The van der Waals surface area contributed by atoms with Gasteiger partial charge in [0, 0.05) is 21.6 Å². The van der Waals surface area contributed by atoms with Crippen molar-refractivity contribution < 1.29 is 9.59 Å². The van der Waals surface area contributed by atoms with Gasteiger partial charge in [-0.2, -0.15) is 0 Å². The van der Waals surface area contributed by atoms with Gasteiger partial charge in [0.25, 0.3) is 5.91 Å². The van der Waals surface area contributed by atoms with Crippen LogP contribution in [0.4, 0.5) is 5.69 Å². The lowest BCUT2D eigenvalue weighted by molar-refractivity contribution is -0.117. The minimum Gasteiger partial charge on any atom is -0.346 e. The summed E-state index contributed by atoms with van der Waals surface area (Å²) in [4.78, 5) is 24.3. The van der Waals surface area contributed by atoms with E-state index in [-0.39, 0.29) is 23.8 Å². The van der Waals surface area contributed by atoms with E-state index in [0.29, 0.717) is 11.3 Å². The Morgan fingerprint density at radius 1 is 1.12 bits per heavy atom. The second kappa shape index (κ2) is 7.18. The van der Waals surface area contributed by atoms with Crippen LogP contribution in [0.15, 0.2) is 53.0 Å². The quantitative estimate of drug-likeness (QED) is 0.804. The van der Waals surface area contributed by atoms with Crippen LogP contribution in [0.2, 0.25) is 0 Å². The van der Waals surface area contributed by atoms with Crippen molar-refractivity contribution in [1.29, 1.82) is 0 Å². The molecule has 124 valence electrons. The minimum atomic E-state index is -0.162. The molecule has 1 fully saturated rings. The normalized spacial score (nSPS) is 14.8. The van der Waals surface area contributed by atoms with Gasteiger partial charge in [-0.3, -0.25) is 9.59 Å². The molecule has 0 aromatic heterocycles. The van der Waals surface area contributed by atoms with Crippen LogP contribution in [0.3, 0.4) is 0 Å². The summed E-state index contributed by atoms with van der Waals surface area (Å²) in [5.74, 6) is 0.0130. The summed E-state index contributed by atoms with van der Waals surface area (Å²) in [6.07, 6.45) is 1.91. The summed E-state index contributed by atoms with van der Waals surface area (Å²) in [6, 6.07) is 14.8. The van der Waals surface area contributed by atoms with Gasteiger partial charge in [-0.05, 0) is 55.7 Å². The molecule has 2 aromatic carbocycles. The first kappa shape index (κ1) is 16.7. The molecule has 24 heavy (non-hydrogen) atoms. The maximum atomic E-state index is 12.5. The molecule has 5 heteroatoms. The third-order valence-corrected chi connectivity index (χ3v) is 4.53. The number of nitrogens with one attached hydrogen (secondary N) is 2. The van der Waals surface area contributed by atoms with Crippen molar-refractivity contribution in [1.82, 2.24) is 5.32 Å². The Balaban J connectivity index is 1.67. The monoisotopic (exact) mass is 386 g/mol. The summed E-state index contributed by atoms with van der Waals surface area (Å²) in [5.41, 5.74) is 2.22. The second-order valence-electron chi connectivity index (χ2n) is 6.09. The van der Waals surface area contributed by atoms with Crippen molar-refractivity contribution in [3.05, 3.63) is 64.1 Å². The highest BCUT2D eigenvalue weighted by molar-refractivity contribution is 9.10. The van der Waals surface area contributed by atoms with Gasteiger partial charge in [0.2, 0.25) is 5.91 Å². The Hall–Kier alpha value is -2.14. The largest absolute Gasteiger partial charge is 0.346 e. The molecular weight excluding hydrogens is 368 g/mol. The zero-order valence-corrected chi connectivity index (χ0v) is 15.0. The number of carbonyl (C=O) groups excluding carboxylic acids is 2. The number of hydrogen-bond donors (Lipinski definition) is 2. The lowest BCUT2D eigenvalue weighted by atomic mass is 10.1. The van der Waals surface area contributed by atoms with Crippen LogP contribution in [0, 0.1) is 5.92 Å². The molecule has 0 aliphatic heterocycles. The van der Waals surface area contributed by atoms with Crippen molar-refractivity contribution in [3.8, 4) is 0 Å². The Bertz CT molecular complexity index is 771. The molecule has 1 aliphatic rings. The van der Waals surface area contributed by atoms with E-state index in [0.717, 1.165) is 22.9 Å². The smallest absolute Gasteiger partial charge is 0.251 e. The molecule has 1 saturated carbocycles. The summed E-state index contributed by atoms with van der Waals surface area (Å²) >= 11 is 3.44. The van der Waals surface area contributed by atoms with Gasteiger partial charge in [0.1, 0.15) is 0 Å². The zero-order chi connectivity index (χ0) is 17.1. The molecule has 0 radical (unpaired) electrons. The molecule has 0 saturated heterocycles. The maximum Gasteiger partial charge on any atom is 0.251 e. The van der Waals surface area contributed by atoms with Crippen molar-refractivity contribution in [3.63, 3.8) is 0 Å². The minimum absolute atomic E-state index is 0.0371. The van der Waals surface area contributed by atoms with Gasteiger partial charge < -0.3 is 10.6 Å². The van der Waals surface area contributed by atoms with Crippen LogP contribution in [0.25, 0.3) is 0 Å². The summed E-state index contributed by atoms with van der Waals surface area (Å²) < 4.78 is 0.978. The zero-order valence-electron chi connectivity index (χ0n) is 13.4. The van der Waals surface area contributed by atoms with Gasteiger partial charge in [0.05, 0.1) is 6.04 Å². The van der Waals surface area contributed by atoms with E-state index in [1.54, 1.807) is 24.3 Å². The Morgan fingerprint density at radius 3 is 2.58 bits per heavy atom. The Labute approximate surface area is 149 Å². The summed E-state index contributed by atoms with van der Waals surface area (Å²) in [5, 5.41) is 5.85. The molecule has 0 heterocycles. The average Bonchev–Trinajstić information content (AvgIpc) is 3.40. The first-order valence-corrected chi connectivity index (χ1v) is 8.79. The van der Waals surface area contributed by atoms with E-state index in [2.05, 4.69) is 26.6 Å². The first-order valence-electron chi connectivity index (χ1n) is 8.00. The van der Waals surface area contributed by atoms with Crippen LogP contribution < -0.4 is 10.6 Å². The lowest BCUT2D eigenvalue weighted by Gasteiger charge is -2.15. The predicted octanol–water partition coefficient (Wildman–Crippen LogP) is 4.29. The Morgan fingerprint density at radius 2 is 1.88 bits per heavy atom. The highest BCUT2D eigenvalue weighted by atomic mass is 79.9. The van der Waals surface area contributed by atoms with E-state index in [1.165, 1.54) is 0 Å². The highest BCUT2D eigenvalue weighted by Gasteiger charge is 2.29. The van der Waals surface area contributed by atoms with Gasteiger partial charge in [-0.25, -0.2) is 0 Å². The van der Waals surface area contributed by atoms with E-state index in [1.807, 2.05) is 31.2 Å². The maximum absolute atomic E-state index is 12.5. The summed E-state index contributed by atoms with van der Waals surface area (Å²) in [6.45, 7) is 1.94. The van der Waals surface area contributed by atoms with E-state index in [9.17, 15) is 9.59 Å². The Kier molecular flexibility index (Phi) is 5.00. The molecule has 3 rings (SSSR count). The third kappa shape index (κ3) is 4.23. The highest BCUT2D eigenvalue weighted by Crippen LogP contribution is 2.30. The van der Waals surface area contributed by atoms with Crippen LogP contribution in [0.1, 0.15) is 41.7 Å². The third-order valence-electron chi connectivity index (χ3n) is 4.04. The first-order chi connectivity index (χ1) is 11.5. The van der Waals surface area contributed by atoms with Crippen LogP contribution in [-0.2, 0) is 4.79 Å². The van der Waals surface area contributed by atoms with Gasteiger partial charge in [-0.15, -0.1) is 0 Å². The van der Waals surface area contributed by atoms with Crippen molar-refractivity contribution in [2.45, 2.75) is 25.8 Å². The van der Waals surface area contributed by atoms with Gasteiger partial charge >= 0.3 is 0 Å². The van der Waals surface area contributed by atoms with E-state index < -0.39 is 0 Å². The standard InChI is InChI=1S/C19H19BrN2O2/c1-12(14-4-2-6-16(20)10-14)21-19(24)15-5-3-7-17(11-15)22-18(23)13-8-9-13/h2-7,10-13H,8-9H2,1H3,(H,21,24)(H,22,23). The van der Waals surface area contributed by atoms with Crippen LogP contribution in [-0.4, -0.2) is 11.8 Å². The van der Waals surface area contributed by atoms with E-state index >= 15 is 0 Å². The predicted molar refractivity (Wildman–Crippen MR) is 97.8 cm³/mol. The molecule has 0 spiro atoms. The van der Waals surface area contributed by atoms with E-state index in [4.69, 9.17) is 0 Å². The molecule has 1 atom stereocenters.